The Morgan fingerprint density at radius 3 is 2.56 bits per heavy atom. The molecule has 4 rings (SSSR count). The summed E-state index contributed by atoms with van der Waals surface area (Å²) in [6.45, 7) is 7.10. The lowest BCUT2D eigenvalue weighted by molar-refractivity contribution is -0.129. The molecule has 2 atom stereocenters. The number of ketones is 1. The van der Waals surface area contributed by atoms with Gasteiger partial charge in [-0.3, -0.25) is 14.4 Å². The Bertz CT molecular complexity index is 1500. The van der Waals surface area contributed by atoms with E-state index in [9.17, 15) is 22.8 Å². The molecule has 39 heavy (non-hydrogen) atoms. The van der Waals surface area contributed by atoms with Crippen molar-refractivity contribution in [1.29, 1.82) is 0 Å². The number of nitrogens with one attached hydrogen (secondary N) is 2. The van der Waals surface area contributed by atoms with E-state index in [4.69, 9.17) is 4.42 Å². The Kier molecular flexibility index (Phi) is 8.51. The predicted octanol–water partition coefficient (Wildman–Crippen LogP) is 3.13. The Balaban J connectivity index is 1.46. The van der Waals surface area contributed by atoms with E-state index in [1.54, 1.807) is 32.0 Å². The van der Waals surface area contributed by atoms with E-state index in [1.165, 1.54) is 6.07 Å². The van der Waals surface area contributed by atoms with Gasteiger partial charge in [-0.25, -0.2) is 13.4 Å². The molecular formula is C28H34N4O6S. The molecule has 208 valence electrons. The number of carbonyl (C=O) groups excluding carboxylic acids is 3. The SMILES string of the molecule is Cc1cccc(S(=O)(=O)N2CCCC(NC(=O)C(CC(C)C)NC(=O)c3oc4ccccc4c3C)C(=O)C2)n1. The Hall–Kier alpha value is -3.57. The number of amides is 2. The summed E-state index contributed by atoms with van der Waals surface area (Å²) >= 11 is 0. The molecule has 0 bridgehead atoms. The number of fused-ring (bicyclic) bond motifs is 1. The molecule has 11 heteroatoms. The molecule has 3 heterocycles. The summed E-state index contributed by atoms with van der Waals surface area (Å²) in [6.07, 6.45) is 1.00. The van der Waals surface area contributed by atoms with Crippen molar-refractivity contribution in [2.24, 2.45) is 5.92 Å². The van der Waals surface area contributed by atoms with Crippen LogP contribution in [0.15, 0.2) is 51.9 Å². The van der Waals surface area contributed by atoms with Gasteiger partial charge >= 0.3 is 0 Å². The fourth-order valence-electron chi connectivity index (χ4n) is 4.74. The van der Waals surface area contributed by atoms with E-state index >= 15 is 0 Å². The Morgan fingerprint density at radius 1 is 1.13 bits per heavy atom. The molecule has 10 nitrogen and oxygen atoms in total. The molecule has 1 saturated heterocycles. The summed E-state index contributed by atoms with van der Waals surface area (Å²) in [5.41, 5.74) is 1.81. The number of para-hydroxylation sites is 1. The fraction of sp³-hybridized carbons (Fsp3) is 0.429. The standard InChI is InChI=1S/C28H34N4O6S/c1-17(2)15-22(31-28(35)26-19(4)20-10-5-6-12-24(20)38-26)27(34)30-21-11-8-14-32(16-23(21)33)39(36,37)25-13-7-9-18(3)29-25/h5-7,9-10,12-13,17,21-22H,8,11,14-16H2,1-4H3,(H,30,34)(H,31,35). The average Bonchev–Trinajstić information content (AvgIpc) is 3.11. The normalized spacial score (nSPS) is 17.7. The van der Waals surface area contributed by atoms with Gasteiger partial charge < -0.3 is 15.1 Å². The van der Waals surface area contributed by atoms with Gasteiger partial charge in [-0.2, -0.15) is 4.31 Å². The second-order valence-electron chi connectivity index (χ2n) is 10.3. The van der Waals surface area contributed by atoms with Crippen molar-refractivity contribution in [2.45, 2.75) is 64.1 Å². The van der Waals surface area contributed by atoms with Crippen molar-refractivity contribution >= 4 is 38.6 Å². The third kappa shape index (κ3) is 6.36. The summed E-state index contributed by atoms with van der Waals surface area (Å²) in [5, 5.41) is 6.24. The zero-order chi connectivity index (χ0) is 28.3. The number of sulfonamides is 1. The van der Waals surface area contributed by atoms with Gasteiger partial charge in [0.2, 0.25) is 5.91 Å². The van der Waals surface area contributed by atoms with Crippen LogP contribution < -0.4 is 10.6 Å². The number of rotatable bonds is 8. The average molecular weight is 555 g/mol. The second-order valence-corrected chi connectivity index (χ2v) is 12.2. The highest BCUT2D eigenvalue weighted by Gasteiger charge is 2.35. The maximum absolute atomic E-state index is 13.3. The molecule has 1 fully saturated rings. The number of aromatic nitrogens is 1. The number of carbonyl (C=O) groups is 3. The molecule has 2 unspecified atom stereocenters. The lowest BCUT2D eigenvalue weighted by Gasteiger charge is -2.23. The lowest BCUT2D eigenvalue weighted by Crippen LogP contribution is -2.52. The molecule has 1 aliphatic heterocycles. The molecule has 0 radical (unpaired) electrons. The largest absolute Gasteiger partial charge is 0.451 e. The third-order valence-corrected chi connectivity index (χ3v) is 8.53. The molecule has 2 aromatic heterocycles. The van der Waals surface area contributed by atoms with Crippen molar-refractivity contribution in [3.05, 3.63) is 59.5 Å². The van der Waals surface area contributed by atoms with Crippen molar-refractivity contribution in [2.75, 3.05) is 13.1 Å². The highest BCUT2D eigenvalue weighted by Crippen LogP contribution is 2.25. The van der Waals surface area contributed by atoms with Crippen LogP contribution in [0.5, 0.6) is 0 Å². The van der Waals surface area contributed by atoms with Gasteiger partial charge in [0.05, 0.1) is 12.6 Å². The van der Waals surface area contributed by atoms with Crippen LogP contribution in [-0.4, -0.2) is 60.5 Å². The summed E-state index contributed by atoms with van der Waals surface area (Å²) in [5.74, 6) is -1.22. The lowest BCUT2D eigenvalue weighted by atomic mass is 10.0. The van der Waals surface area contributed by atoms with Gasteiger partial charge in [-0.05, 0) is 57.2 Å². The van der Waals surface area contributed by atoms with E-state index in [2.05, 4.69) is 15.6 Å². The minimum Gasteiger partial charge on any atom is -0.451 e. The zero-order valence-corrected chi connectivity index (χ0v) is 23.4. The summed E-state index contributed by atoms with van der Waals surface area (Å²) in [7, 11) is -3.97. The van der Waals surface area contributed by atoms with Gasteiger partial charge in [-0.1, -0.05) is 38.1 Å². The number of benzene rings is 1. The van der Waals surface area contributed by atoms with E-state index < -0.39 is 39.7 Å². The maximum Gasteiger partial charge on any atom is 0.287 e. The predicted molar refractivity (Wildman–Crippen MR) is 146 cm³/mol. The van der Waals surface area contributed by atoms with E-state index in [1.807, 2.05) is 32.0 Å². The van der Waals surface area contributed by atoms with E-state index in [0.717, 1.165) is 9.69 Å². The maximum atomic E-state index is 13.3. The number of nitrogens with zero attached hydrogens (tertiary/aromatic N) is 2. The van der Waals surface area contributed by atoms with Crippen LogP contribution in [-0.2, 0) is 19.6 Å². The summed E-state index contributed by atoms with van der Waals surface area (Å²) < 4.78 is 33.1. The van der Waals surface area contributed by atoms with Crippen molar-refractivity contribution < 1.29 is 27.2 Å². The summed E-state index contributed by atoms with van der Waals surface area (Å²) in [4.78, 5) is 43.6. The first-order valence-electron chi connectivity index (χ1n) is 13.0. The van der Waals surface area contributed by atoms with Gasteiger partial charge in [0.25, 0.3) is 15.9 Å². The number of Topliss-reactive ketones (excluding diaryl/α,β-unsaturated/α-hetero) is 1. The molecule has 0 saturated carbocycles. The number of aryl methyl sites for hydroxylation is 2. The van der Waals surface area contributed by atoms with E-state index in [0.29, 0.717) is 29.7 Å². The van der Waals surface area contributed by atoms with Crippen LogP contribution in [0.4, 0.5) is 0 Å². The van der Waals surface area contributed by atoms with Crippen molar-refractivity contribution in [1.82, 2.24) is 19.9 Å². The van der Waals surface area contributed by atoms with Crippen molar-refractivity contribution in [3.63, 3.8) is 0 Å². The van der Waals surface area contributed by atoms with Crippen molar-refractivity contribution in [3.8, 4) is 0 Å². The molecule has 3 aromatic rings. The van der Waals surface area contributed by atoms with Crippen LogP contribution in [0.2, 0.25) is 0 Å². The highest BCUT2D eigenvalue weighted by molar-refractivity contribution is 7.89. The first-order valence-corrected chi connectivity index (χ1v) is 14.5. The van der Waals surface area contributed by atoms with Gasteiger partial charge in [-0.15, -0.1) is 0 Å². The quantitative estimate of drug-likeness (QED) is 0.436. The number of pyridine rings is 1. The van der Waals surface area contributed by atoms with Gasteiger partial charge in [0.1, 0.15) is 11.6 Å². The molecular weight excluding hydrogens is 520 g/mol. The summed E-state index contributed by atoms with van der Waals surface area (Å²) in [6, 6.07) is 10.2. The van der Waals surface area contributed by atoms with Crippen LogP contribution in [0.3, 0.4) is 0 Å². The molecule has 2 amide bonds. The molecule has 1 aromatic carbocycles. The van der Waals surface area contributed by atoms with Crippen LogP contribution in [0.1, 0.15) is 54.9 Å². The van der Waals surface area contributed by atoms with Gasteiger partial charge in [0, 0.05) is 23.2 Å². The number of hydrogen-bond acceptors (Lipinski definition) is 7. The monoisotopic (exact) mass is 554 g/mol. The highest BCUT2D eigenvalue weighted by atomic mass is 32.2. The molecule has 0 aliphatic carbocycles. The van der Waals surface area contributed by atoms with Crippen LogP contribution in [0.25, 0.3) is 11.0 Å². The third-order valence-electron chi connectivity index (χ3n) is 6.78. The number of hydrogen-bond donors (Lipinski definition) is 2. The smallest absolute Gasteiger partial charge is 0.287 e. The van der Waals surface area contributed by atoms with Crippen LogP contribution >= 0.6 is 0 Å². The first kappa shape index (κ1) is 28.4. The minimum absolute atomic E-state index is 0.0742. The fourth-order valence-corrected chi connectivity index (χ4v) is 6.18. The van der Waals surface area contributed by atoms with E-state index in [-0.39, 0.29) is 36.2 Å². The Labute approximate surface area is 228 Å². The van der Waals surface area contributed by atoms with Crippen LogP contribution in [0, 0.1) is 19.8 Å². The second kappa shape index (κ2) is 11.7. The Morgan fingerprint density at radius 2 is 1.87 bits per heavy atom. The molecule has 0 spiro atoms. The minimum atomic E-state index is -3.97. The topological polar surface area (TPSA) is 139 Å². The first-order chi connectivity index (χ1) is 18.5. The van der Waals surface area contributed by atoms with Gasteiger partial charge in [0.15, 0.2) is 16.6 Å². The molecule has 2 N–H and O–H groups in total. The zero-order valence-electron chi connectivity index (χ0n) is 22.6. The number of furan rings is 1. The molecule has 1 aliphatic rings.